The standard InChI is InChI=1S/C30H28N6O/c1-18-25-13-21(8-10-28(25)35-33-18)27-15-24(37-23(16-31)12-20-6-4-3-5-7-20)17-32-30(27)22-9-11-29-26(14-22)19(2)34-36-29/h3-11,13-15,17,23H,12,16,31H2,1-2H3,(H,33,35)(H,34,36)/t23-/m0/s1. The van der Waals surface area contributed by atoms with Gasteiger partial charge in [0.15, 0.2) is 0 Å². The quantitative estimate of drug-likeness (QED) is 0.266. The highest BCUT2D eigenvalue weighted by Crippen LogP contribution is 2.36. The van der Waals surface area contributed by atoms with Crippen LogP contribution in [0.3, 0.4) is 0 Å². The number of ether oxygens (including phenoxy) is 1. The first-order valence-corrected chi connectivity index (χ1v) is 12.4. The van der Waals surface area contributed by atoms with Crippen LogP contribution < -0.4 is 10.5 Å². The van der Waals surface area contributed by atoms with Crippen molar-refractivity contribution in [1.82, 2.24) is 25.4 Å². The molecule has 0 saturated heterocycles. The highest BCUT2D eigenvalue weighted by Gasteiger charge is 2.17. The highest BCUT2D eigenvalue weighted by molar-refractivity contribution is 5.92. The zero-order chi connectivity index (χ0) is 25.4. The molecular weight excluding hydrogens is 460 g/mol. The topological polar surface area (TPSA) is 106 Å². The summed E-state index contributed by atoms with van der Waals surface area (Å²) in [5.41, 5.74) is 15.1. The van der Waals surface area contributed by atoms with Crippen LogP contribution in [-0.4, -0.2) is 38.0 Å². The van der Waals surface area contributed by atoms with E-state index >= 15 is 0 Å². The first-order chi connectivity index (χ1) is 18.1. The van der Waals surface area contributed by atoms with E-state index in [0.717, 1.165) is 62.0 Å². The van der Waals surface area contributed by atoms with E-state index in [-0.39, 0.29) is 6.10 Å². The van der Waals surface area contributed by atoms with Crippen molar-refractivity contribution in [3.05, 3.63) is 95.9 Å². The summed E-state index contributed by atoms with van der Waals surface area (Å²) in [6, 6.07) is 24.8. The molecule has 0 saturated carbocycles. The molecule has 4 N–H and O–H groups in total. The first-order valence-electron chi connectivity index (χ1n) is 12.4. The molecule has 3 heterocycles. The van der Waals surface area contributed by atoms with Crippen molar-refractivity contribution < 1.29 is 4.74 Å². The lowest BCUT2D eigenvalue weighted by atomic mass is 9.97. The predicted molar refractivity (Wildman–Crippen MR) is 148 cm³/mol. The average molecular weight is 489 g/mol. The van der Waals surface area contributed by atoms with Crippen LogP contribution in [0.5, 0.6) is 5.75 Å². The number of hydrogen-bond acceptors (Lipinski definition) is 5. The number of aryl methyl sites for hydroxylation is 2. The predicted octanol–water partition coefficient (Wildman–Crippen LogP) is 5.73. The van der Waals surface area contributed by atoms with Crippen LogP contribution in [0.2, 0.25) is 0 Å². The third kappa shape index (κ3) is 4.45. The Labute approximate surface area is 214 Å². The van der Waals surface area contributed by atoms with E-state index in [9.17, 15) is 0 Å². The van der Waals surface area contributed by atoms with E-state index in [2.05, 4.69) is 62.9 Å². The third-order valence-electron chi connectivity index (χ3n) is 6.81. The molecule has 0 fully saturated rings. The average Bonchev–Trinajstić information content (AvgIpc) is 3.50. The molecule has 0 aliphatic rings. The van der Waals surface area contributed by atoms with Gasteiger partial charge in [0.2, 0.25) is 0 Å². The Kier molecular flexibility index (Phi) is 5.90. The molecule has 0 radical (unpaired) electrons. The fourth-order valence-corrected chi connectivity index (χ4v) is 4.79. The number of fused-ring (bicyclic) bond motifs is 2. The molecule has 0 amide bonds. The summed E-state index contributed by atoms with van der Waals surface area (Å²) in [6.45, 7) is 4.46. The van der Waals surface area contributed by atoms with Gasteiger partial charge >= 0.3 is 0 Å². The van der Waals surface area contributed by atoms with Crippen LogP contribution in [0, 0.1) is 13.8 Å². The van der Waals surface area contributed by atoms with Gasteiger partial charge in [-0.3, -0.25) is 15.2 Å². The number of nitrogens with two attached hydrogens (primary N) is 1. The molecule has 0 bridgehead atoms. The van der Waals surface area contributed by atoms with Crippen LogP contribution in [-0.2, 0) is 6.42 Å². The molecule has 37 heavy (non-hydrogen) atoms. The zero-order valence-electron chi connectivity index (χ0n) is 20.8. The molecule has 6 rings (SSSR count). The lowest BCUT2D eigenvalue weighted by Crippen LogP contribution is -2.29. The minimum atomic E-state index is -0.161. The summed E-state index contributed by atoms with van der Waals surface area (Å²) in [5, 5.41) is 17.1. The summed E-state index contributed by atoms with van der Waals surface area (Å²) in [7, 11) is 0. The smallest absolute Gasteiger partial charge is 0.138 e. The lowest BCUT2D eigenvalue weighted by Gasteiger charge is -2.19. The Morgan fingerprint density at radius 2 is 1.46 bits per heavy atom. The largest absolute Gasteiger partial charge is 0.487 e. The summed E-state index contributed by atoms with van der Waals surface area (Å²) in [4.78, 5) is 4.91. The van der Waals surface area contributed by atoms with Gasteiger partial charge in [0, 0.05) is 46.3 Å². The molecule has 0 aliphatic heterocycles. The Bertz CT molecular complexity index is 1700. The Morgan fingerprint density at radius 1 is 0.811 bits per heavy atom. The van der Waals surface area contributed by atoms with Crippen molar-refractivity contribution in [2.75, 3.05) is 6.54 Å². The van der Waals surface area contributed by atoms with Crippen molar-refractivity contribution in [2.45, 2.75) is 26.4 Å². The second kappa shape index (κ2) is 9.52. The molecule has 3 aromatic heterocycles. The fourth-order valence-electron chi connectivity index (χ4n) is 4.79. The van der Waals surface area contributed by atoms with Crippen molar-refractivity contribution in [2.24, 2.45) is 5.73 Å². The number of benzene rings is 3. The number of H-pyrrole nitrogens is 2. The Morgan fingerprint density at radius 3 is 2.14 bits per heavy atom. The van der Waals surface area contributed by atoms with Gasteiger partial charge in [-0.05, 0) is 55.3 Å². The lowest BCUT2D eigenvalue weighted by molar-refractivity contribution is 0.209. The highest BCUT2D eigenvalue weighted by atomic mass is 16.5. The summed E-state index contributed by atoms with van der Waals surface area (Å²) < 4.78 is 6.37. The minimum absolute atomic E-state index is 0.161. The zero-order valence-corrected chi connectivity index (χ0v) is 20.8. The third-order valence-corrected chi connectivity index (χ3v) is 6.81. The van der Waals surface area contributed by atoms with E-state index in [1.54, 1.807) is 6.20 Å². The van der Waals surface area contributed by atoms with E-state index in [4.69, 9.17) is 15.5 Å². The van der Waals surface area contributed by atoms with E-state index in [1.807, 2.05) is 44.2 Å². The first kappa shape index (κ1) is 22.9. The Hall–Kier alpha value is -4.49. The number of nitrogens with one attached hydrogen (secondary N) is 2. The normalized spacial score (nSPS) is 12.3. The second-order valence-electron chi connectivity index (χ2n) is 9.39. The number of nitrogens with zero attached hydrogens (tertiary/aromatic N) is 3. The van der Waals surface area contributed by atoms with Crippen LogP contribution >= 0.6 is 0 Å². The summed E-state index contributed by atoms with van der Waals surface area (Å²) >= 11 is 0. The van der Waals surface area contributed by atoms with Crippen molar-refractivity contribution in [3.63, 3.8) is 0 Å². The van der Waals surface area contributed by atoms with Crippen LogP contribution in [0.1, 0.15) is 17.0 Å². The maximum Gasteiger partial charge on any atom is 0.138 e. The summed E-state index contributed by atoms with van der Waals surface area (Å²) in [5.74, 6) is 0.690. The van der Waals surface area contributed by atoms with E-state index in [1.165, 1.54) is 5.56 Å². The van der Waals surface area contributed by atoms with Crippen LogP contribution in [0.15, 0.2) is 79.0 Å². The van der Waals surface area contributed by atoms with Gasteiger partial charge in [0.1, 0.15) is 11.9 Å². The molecule has 1 atom stereocenters. The second-order valence-corrected chi connectivity index (χ2v) is 9.39. The summed E-state index contributed by atoms with van der Waals surface area (Å²) in [6.07, 6.45) is 2.36. The van der Waals surface area contributed by atoms with Crippen LogP contribution in [0.4, 0.5) is 0 Å². The van der Waals surface area contributed by atoms with Crippen molar-refractivity contribution in [3.8, 4) is 28.1 Å². The Balaban J connectivity index is 1.44. The minimum Gasteiger partial charge on any atom is -0.487 e. The molecule has 7 nitrogen and oxygen atoms in total. The number of pyridine rings is 1. The van der Waals surface area contributed by atoms with Crippen LogP contribution in [0.25, 0.3) is 44.2 Å². The number of hydrogen-bond donors (Lipinski definition) is 3. The van der Waals surface area contributed by atoms with E-state index in [0.29, 0.717) is 12.3 Å². The van der Waals surface area contributed by atoms with Gasteiger partial charge in [0.05, 0.1) is 22.9 Å². The van der Waals surface area contributed by atoms with E-state index < -0.39 is 0 Å². The maximum absolute atomic E-state index is 6.37. The molecule has 3 aromatic carbocycles. The molecule has 0 unspecified atom stereocenters. The van der Waals surface area contributed by atoms with Gasteiger partial charge in [-0.25, -0.2) is 0 Å². The molecule has 6 aromatic rings. The molecule has 0 aliphatic carbocycles. The molecule has 7 heteroatoms. The van der Waals surface area contributed by atoms with Gasteiger partial charge in [-0.15, -0.1) is 0 Å². The molecule has 0 spiro atoms. The van der Waals surface area contributed by atoms with Gasteiger partial charge in [0.25, 0.3) is 0 Å². The number of aromatic nitrogens is 5. The molecule has 184 valence electrons. The molecular formula is C30H28N6O. The van der Waals surface area contributed by atoms with Gasteiger partial charge in [-0.2, -0.15) is 10.2 Å². The SMILES string of the molecule is Cc1[nH]nc2ccc(-c3cc(O[C@H](CN)Cc4ccccc4)cnc3-c3ccc4n[nH]c(C)c4c3)cc12. The monoisotopic (exact) mass is 488 g/mol. The van der Waals surface area contributed by atoms with Gasteiger partial charge < -0.3 is 10.5 Å². The number of rotatable bonds is 7. The fraction of sp³-hybridized carbons (Fsp3) is 0.167. The van der Waals surface area contributed by atoms with Crippen molar-refractivity contribution >= 4 is 21.8 Å². The van der Waals surface area contributed by atoms with Gasteiger partial charge in [-0.1, -0.05) is 42.5 Å². The maximum atomic E-state index is 6.37. The van der Waals surface area contributed by atoms with Crippen molar-refractivity contribution in [1.29, 1.82) is 0 Å². The number of aromatic amines is 2.